The van der Waals surface area contributed by atoms with Gasteiger partial charge in [-0.25, -0.2) is 13.2 Å². The number of benzene rings is 1. The summed E-state index contributed by atoms with van der Waals surface area (Å²) in [4.78, 5) is 35.8. The Morgan fingerprint density at radius 2 is 1.84 bits per heavy atom. The van der Waals surface area contributed by atoms with Crippen molar-refractivity contribution in [3.8, 4) is 0 Å². The number of hydrogen-bond acceptors (Lipinski definition) is 7. The van der Waals surface area contributed by atoms with Gasteiger partial charge in [-0.15, -0.1) is 11.3 Å². The molecular weight excluding hydrogens is 368 g/mol. The number of sulfonamides is 1. The van der Waals surface area contributed by atoms with Gasteiger partial charge >= 0.3 is 5.97 Å². The Balaban J connectivity index is 1.96. The molecule has 0 aliphatic rings. The van der Waals surface area contributed by atoms with Gasteiger partial charge in [0, 0.05) is 0 Å². The number of hydrogen-bond donors (Lipinski definition) is 2. The molecule has 1 aromatic carbocycles. The van der Waals surface area contributed by atoms with Crippen molar-refractivity contribution in [2.45, 2.75) is 0 Å². The molecule has 0 aliphatic heterocycles. The van der Waals surface area contributed by atoms with E-state index >= 15 is 0 Å². The number of amides is 2. The first kappa shape index (κ1) is 18.6. The van der Waals surface area contributed by atoms with Gasteiger partial charge in [-0.1, -0.05) is 18.2 Å². The van der Waals surface area contributed by atoms with Crippen LogP contribution in [0.4, 0.5) is 5.69 Å². The van der Waals surface area contributed by atoms with Crippen molar-refractivity contribution in [3.05, 3.63) is 52.2 Å². The first-order valence-corrected chi connectivity index (χ1v) is 9.65. The lowest BCUT2D eigenvalue weighted by atomic mass is 10.2. The van der Waals surface area contributed by atoms with Gasteiger partial charge in [0.15, 0.2) is 6.61 Å². The maximum absolute atomic E-state index is 12.1. The van der Waals surface area contributed by atoms with Crippen LogP contribution in [-0.2, 0) is 19.6 Å². The number of esters is 1. The van der Waals surface area contributed by atoms with Gasteiger partial charge in [-0.05, 0) is 23.6 Å². The van der Waals surface area contributed by atoms with Gasteiger partial charge in [-0.3, -0.25) is 19.6 Å². The highest BCUT2D eigenvalue weighted by Gasteiger charge is 2.17. The third kappa shape index (κ3) is 5.69. The highest BCUT2D eigenvalue weighted by atomic mass is 32.2. The summed E-state index contributed by atoms with van der Waals surface area (Å²) in [5.41, 5.74) is -0.0182. The van der Waals surface area contributed by atoms with Crippen molar-refractivity contribution >= 4 is 44.8 Å². The number of para-hydroxylation sites is 1. The van der Waals surface area contributed by atoms with Gasteiger partial charge in [0.05, 0.1) is 22.4 Å². The summed E-state index contributed by atoms with van der Waals surface area (Å²) in [5, 5.41) is 3.77. The maximum Gasteiger partial charge on any atom is 0.340 e. The zero-order chi connectivity index (χ0) is 18.4. The second-order valence-electron chi connectivity index (χ2n) is 4.85. The topological polar surface area (TPSA) is 119 Å². The fourth-order valence-corrected chi connectivity index (χ4v) is 2.99. The van der Waals surface area contributed by atoms with E-state index in [0.717, 1.165) is 17.6 Å². The number of thiophene rings is 1. The first-order valence-electron chi connectivity index (χ1n) is 6.88. The molecule has 0 atom stereocenters. The first-order chi connectivity index (χ1) is 11.8. The zero-order valence-corrected chi connectivity index (χ0v) is 14.6. The lowest BCUT2D eigenvalue weighted by Gasteiger charge is -2.10. The molecule has 2 rings (SSSR count). The molecule has 1 aromatic heterocycles. The lowest BCUT2D eigenvalue weighted by molar-refractivity contribution is -0.123. The van der Waals surface area contributed by atoms with Crippen molar-refractivity contribution in [2.75, 3.05) is 17.6 Å². The SMILES string of the molecule is CS(=O)(=O)Nc1ccccc1C(=O)OCC(=O)NC(=O)c1cccs1. The Morgan fingerprint density at radius 3 is 2.48 bits per heavy atom. The predicted octanol–water partition coefficient (Wildman–Crippen LogP) is 1.23. The second-order valence-corrected chi connectivity index (χ2v) is 7.55. The van der Waals surface area contributed by atoms with Crippen LogP contribution in [0.5, 0.6) is 0 Å². The standard InChI is InChI=1S/C15H14N2O6S2/c1-25(21,22)17-11-6-3-2-5-10(11)15(20)23-9-13(18)16-14(19)12-7-4-8-24-12/h2-8,17H,9H2,1H3,(H,16,18,19). The average Bonchev–Trinajstić information content (AvgIpc) is 3.06. The molecule has 0 aliphatic carbocycles. The molecule has 0 unspecified atom stereocenters. The van der Waals surface area contributed by atoms with E-state index < -0.39 is 34.4 Å². The van der Waals surface area contributed by atoms with Crippen molar-refractivity contribution < 1.29 is 27.5 Å². The van der Waals surface area contributed by atoms with Crippen LogP contribution in [0.1, 0.15) is 20.0 Å². The van der Waals surface area contributed by atoms with Crippen LogP contribution in [0.25, 0.3) is 0 Å². The number of ether oxygens (including phenoxy) is 1. The third-order valence-electron chi connectivity index (χ3n) is 2.77. The second kappa shape index (κ2) is 7.90. The summed E-state index contributed by atoms with van der Waals surface area (Å²) in [7, 11) is -3.59. The molecule has 0 radical (unpaired) electrons. The van der Waals surface area contributed by atoms with Gasteiger partial charge in [0.2, 0.25) is 10.0 Å². The van der Waals surface area contributed by atoms with E-state index in [2.05, 4.69) is 10.0 Å². The number of rotatable bonds is 6. The number of nitrogens with one attached hydrogen (secondary N) is 2. The van der Waals surface area contributed by atoms with Crippen LogP contribution < -0.4 is 10.0 Å². The summed E-state index contributed by atoms with van der Waals surface area (Å²) in [6.07, 6.45) is 0.943. The Bertz CT molecular complexity index is 891. The summed E-state index contributed by atoms with van der Waals surface area (Å²) in [6, 6.07) is 9.01. The van der Waals surface area contributed by atoms with Crippen molar-refractivity contribution in [2.24, 2.45) is 0 Å². The Labute approximate surface area is 147 Å². The van der Waals surface area contributed by atoms with E-state index in [1.54, 1.807) is 17.5 Å². The van der Waals surface area contributed by atoms with E-state index in [9.17, 15) is 22.8 Å². The van der Waals surface area contributed by atoms with E-state index in [4.69, 9.17) is 4.74 Å². The van der Waals surface area contributed by atoms with E-state index in [1.165, 1.54) is 24.3 Å². The molecule has 0 spiro atoms. The normalized spacial score (nSPS) is 10.8. The molecule has 25 heavy (non-hydrogen) atoms. The van der Waals surface area contributed by atoms with Crippen LogP contribution in [0.15, 0.2) is 41.8 Å². The molecule has 2 aromatic rings. The largest absolute Gasteiger partial charge is 0.452 e. The van der Waals surface area contributed by atoms with Gasteiger partial charge < -0.3 is 4.74 Å². The minimum Gasteiger partial charge on any atom is -0.452 e. The summed E-state index contributed by atoms with van der Waals surface area (Å²) in [6.45, 7) is -0.677. The number of imide groups is 1. The third-order valence-corrected chi connectivity index (χ3v) is 4.23. The smallest absolute Gasteiger partial charge is 0.340 e. The molecule has 0 fully saturated rings. The molecule has 2 amide bonds. The molecule has 10 heteroatoms. The number of carbonyl (C=O) groups excluding carboxylic acids is 3. The van der Waals surface area contributed by atoms with E-state index in [1.807, 2.05) is 0 Å². The Kier molecular flexibility index (Phi) is 5.88. The van der Waals surface area contributed by atoms with Crippen LogP contribution in [0, 0.1) is 0 Å². The molecule has 0 saturated heterocycles. The zero-order valence-electron chi connectivity index (χ0n) is 13.0. The minimum absolute atomic E-state index is 0.0325. The van der Waals surface area contributed by atoms with Crippen LogP contribution in [-0.4, -0.2) is 39.1 Å². The lowest BCUT2D eigenvalue weighted by Crippen LogP contribution is -2.33. The van der Waals surface area contributed by atoms with Crippen molar-refractivity contribution in [1.29, 1.82) is 0 Å². The minimum atomic E-state index is -3.59. The van der Waals surface area contributed by atoms with Crippen LogP contribution >= 0.6 is 11.3 Å². The fourth-order valence-electron chi connectivity index (χ4n) is 1.79. The van der Waals surface area contributed by atoms with Crippen molar-refractivity contribution in [1.82, 2.24) is 5.32 Å². The molecule has 132 valence electrons. The Morgan fingerprint density at radius 1 is 1.12 bits per heavy atom. The van der Waals surface area contributed by atoms with Crippen LogP contribution in [0.3, 0.4) is 0 Å². The monoisotopic (exact) mass is 382 g/mol. The summed E-state index contributed by atoms with van der Waals surface area (Å²) in [5.74, 6) is -2.28. The van der Waals surface area contributed by atoms with Gasteiger partial charge in [0.1, 0.15) is 0 Å². The quantitative estimate of drug-likeness (QED) is 0.726. The van der Waals surface area contributed by atoms with E-state index in [0.29, 0.717) is 4.88 Å². The molecule has 8 nitrogen and oxygen atoms in total. The van der Waals surface area contributed by atoms with E-state index in [-0.39, 0.29) is 11.3 Å². The number of carbonyl (C=O) groups is 3. The summed E-state index contributed by atoms with van der Waals surface area (Å²) < 4.78 is 29.6. The fraction of sp³-hybridized carbons (Fsp3) is 0.133. The molecule has 0 saturated carbocycles. The maximum atomic E-state index is 12.1. The molecule has 0 bridgehead atoms. The molecule has 1 heterocycles. The summed E-state index contributed by atoms with van der Waals surface area (Å²) >= 11 is 1.16. The molecule has 2 N–H and O–H groups in total. The van der Waals surface area contributed by atoms with Gasteiger partial charge in [-0.2, -0.15) is 0 Å². The Hall–Kier alpha value is -2.72. The predicted molar refractivity (Wildman–Crippen MR) is 92.0 cm³/mol. The van der Waals surface area contributed by atoms with Crippen molar-refractivity contribution in [3.63, 3.8) is 0 Å². The van der Waals surface area contributed by atoms with Gasteiger partial charge in [0.25, 0.3) is 11.8 Å². The highest BCUT2D eigenvalue weighted by molar-refractivity contribution is 7.92. The average molecular weight is 382 g/mol. The van der Waals surface area contributed by atoms with Crippen LogP contribution in [0.2, 0.25) is 0 Å². The number of anilines is 1. The highest BCUT2D eigenvalue weighted by Crippen LogP contribution is 2.17. The molecular formula is C15H14N2O6S2.